The maximum atomic E-state index is 13.1. The van der Waals surface area contributed by atoms with Crippen molar-refractivity contribution in [1.82, 2.24) is 4.31 Å². The van der Waals surface area contributed by atoms with E-state index in [-0.39, 0.29) is 12.3 Å². The summed E-state index contributed by atoms with van der Waals surface area (Å²) in [5, 5.41) is 0. The van der Waals surface area contributed by atoms with E-state index in [0.717, 1.165) is 42.5 Å². The lowest BCUT2D eigenvalue weighted by Crippen LogP contribution is -2.36. The Kier molecular flexibility index (Phi) is 5.06. The first-order valence-electron chi connectivity index (χ1n) is 10.7. The summed E-state index contributed by atoms with van der Waals surface area (Å²) in [6, 6.07) is 12.2. The molecular weight excluding hydrogens is 416 g/mol. The first kappa shape index (κ1) is 20.2. The van der Waals surface area contributed by atoms with Crippen molar-refractivity contribution < 1.29 is 22.7 Å². The van der Waals surface area contributed by atoms with Gasteiger partial charge in [-0.05, 0) is 55.5 Å². The van der Waals surface area contributed by atoms with Gasteiger partial charge in [0.15, 0.2) is 0 Å². The number of hydrogen-bond donors (Lipinski definition) is 0. The molecular formula is C23H24N2O5S. The van der Waals surface area contributed by atoms with Crippen LogP contribution < -0.4 is 4.90 Å². The molecule has 0 radical (unpaired) electrons. The zero-order chi connectivity index (χ0) is 21.6. The molecule has 0 aromatic heterocycles. The first-order chi connectivity index (χ1) is 14.9. The van der Waals surface area contributed by atoms with Gasteiger partial charge in [0.1, 0.15) is 6.10 Å². The van der Waals surface area contributed by atoms with Crippen LogP contribution in [-0.4, -0.2) is 44.2 Å². The van der Waals surface area contributed by atoms with Crippen LogP contribution in [0.3, 0.4) is 0 Å². The number of sulfonamides is 1. The molecule has 5 rings (SSSR count). The molecule has 1 saturated heterocycles. The zero-order valence-corrected chi connectivity index (χ0v) is 17.9. The van der Waals surface area contributed by atoms with Crippen molar-refractivity contribution >= 4 is 27.6 Å². The number of fused-ring (bicyclic) bond motifs is 2. The fraction of sp³-hybridized carbons (Fsp3) is 0.391. The largest absolute Gasteiger partial charge is 0.453 e. The lowest BCUT2D eigenvalue weighted by molar-refractivity contribution is -0.120. The van der Waals surface area contributed by atoms with Crippen LogP contribution in [0.1, 0.15) is 53.3 Å². The summed E-state index contributed by atoms with van der Waals surface area (Å²) in [6.07, 6.45) is 2.74. The van der Waals surface area contributed by atoms with Gasteiger partial charge in [-0.1, -0.05) is 18.2 Å². The Hall–Kier alpha value is -2.71. The summed E-state index contributed by atoms with van der Waals surface area (Å²) < 4.78 is 32.8. The smallest absolute Gasteiger partial charge is 0.339 e. The molecule has 1 amide bonds. The van der Waals surface area contributed by atoms with E-state index in [2.05, 4.69) is 0 Å². The molecule has 162 valence electrons. The second-order valence-corrected chi connectivity index (χ2v) is 10.2. The number of anilines is 1. The number of esters is 1. The van der Waals surface area contributed by atoms with E-state index >= 15 is 0 Å². The predicted molar refractivity (Wildman–Crippen MR) is 114 cm³/mol. The van der Waals surface area contributed by atoms with Crippen molar-refractivity contribution in [3.63, 3.8) is 0 Å². The van der Waals surface area contributed by atoms with E-state index in [9.17, 15) is 18.0 Å². The summed E-state index contributed by atoms with van der Waals surface area (Å²) in [5.41, 5.74) is 2.86. The third-order valence-corrected chi connectivity index (χ3v) is 8.20. The summed E-state index contributed by atoms with van der Waals surface area (Å²) in [7, 11) is -3.50. The number of benzene rings is 2. The second kappa shape index (κ2) is 7.76. The molecule has 0 aliphatic carbocycles. The van der Waals surface area contributed by atoms with Gasteiger partial charge in [0.2, 0.25) is 15.9 Å². The minimum absolute atomic E-state index is 0.0655. The number of ether oxygens (including phenoxy) is 1. The second-order valence-electron chi connectivity index (χ2n) is 8.24. The predicted octanol–water partition coefficient (Wildman–Crippen LogP) is 3.05. The molecule has 1 atom stereocenters. The number of aryl methyl sites for hydroxylation is 1. The molecule has 7 nitrogen and oxygen atoms in total. The molecule has 0 spiro atoms. The van der Waals surface area contributed by atoms with Gasteiger partial charge in [0.25, 0.3) is 0 Å². The molecule has 3 aliphatic heterocycles. The van der Waals surface area contributed by atoms with E-state index in [4.69, 9.17) is 4.74 Å². The highest BCUT2D eigenvalue weighted by molar-refractivity contribution is 7.89. The van der Waals surface area contributed by atoms with E-state index < -0.39 is 22.1 Å². The molecule has 2 aromatic carbocycles. The fourth-order valence-electron chi connectivity index (χ4n) is 4.71. The molecule has 31 heavy (non-hydrogen) atoms. The van der Waals surface area contributed by atoms with Crippen molar-refractivity contribution in [2.75, 3.05) is 24.5 Å². The Morgan fingerprint density at radius 2 is 1.81 bits per heavy atom. The van der Waals surface area contributed by atoms with Crippen LogP contribution in [0.4, 0.5) is 5.69 Å². The Morgan fingerprint density at radius 1 is 1.03 bits per heavy atom. The van der Waals surface area contributed by atoms with Crippen LogP contribution >= 0.6 is 0 Å². The van der Waals surface area contributed by atoms with Crippen molar-refractivity contribution in [3.05, 3.63) is 59.2 Å². The summed E-state index contributed by atoms with van der Waals surface area (Å²) >= 11 is 0. The highest BCUT2D eigenvalue weighted by Gasteiger charge is 2.35. The normalized spacial score (nSPS) is 21.0. The fourth-order valence-corrected chi connectivity index (χ4v) is 6.28. The summed E-state index contributed by atoms with van der Waals surface area (Å²) in [6.45, 7) is 1.68. The molecule has 8 heteroatoms. The quantitative estimate of drug-likeness (QED) is 0.683. The highest BCUT2D eigenvalue weighted by atomic mass is 32.2. The monoisotopic (exact) mass is 440 g/mol. The third-order valence-electron chi connectivity index (χ3n) is 6.31. The lowest BCUT2D eigenvalue weighted by atomic mass is 9.99. The number of cyclic esters (lactones) is 1. The number of carbonyl (C=O) groups excluding carboxylic acids is 2. The van der Waals surface area contributed by atoms with Crippen molar-refractivity contribution in [2.24, 2.45) is 0 Å². The molecule has 0 N–H and O–H groups in total. The molecule has 2 aromatic rings. The Morgan fingerprint density at radius 3 is 2.61 bits per heavy atom. The van der Waals surface area contributed by atoms with Crippen LogP contribution in [-0.2, 0) is 26.0 Å². The van der Waals surface area contributed by atoms with Gasteiger partial charge in [0, 0.05) is 30.9 Å². The minimum atomic E-state index is -3.50. The molecule has 3 aliphatic rings. The Labute approximate surface area is 181 Å². The summed E-state index contributed by atoms with van der Waals surface area (Å²) in [5.74, 6) is -0.533. The highest BCUT2D eigenvalue weighted by Crippen LogP contribution is 2.36. The number of carbonyl (C=O) groups is 2. The average Bonchev–Trinajstić information content (AvgIpc) is 3.43. The minimum Gasteiger partial charge on any atom is -0.453 e. The number of rotatable bonds is 4. The van der Waals surface area contributed by atoms with Crippen molar-refractivity contribution in [1.29, 1.82) is 0 Å². The molecule has 0 saturated carbocycles. The van der Waals surface area contributed by atoms with E-state index in [0.29, 0.717) is 30.1 Å². The van der Waals surface area contributed by atoms with Gasteiger partial charge in [-0.3, -0.25) is 4.79 Å². The van der Waals surface area contributed by atoms with Gasteiger partial charge in [-0.25, -0.2) is 13.2 Å². The number of hydrogen-bond acceptors (Lipinski definition) is 5. The maximum Gasteiger partial charge on any atom is 0.339 e. The molecule has 1 fully saturated rings. The molecule has 3 heterocycles. The van der Waals surface area contributed by atoms with Crippen LogP contribution in [0, 0.1) is 0 Å². The van der Waals surface area contributed by atoms with Gasteiger partial charge in [0.05, 0.1) is 16.9 Å². The molecule has 0 bridgehead atoms. The number of amides is 1. The standard InChI is InChI=1S/C23H24N2O5S/c26-22(15-21-18-7-1-2-8-19(18)23(27)30-21)25-13-5-6-16-14-17(9-10-20(16)25)31(28,29)24-11-3-4-12-24/h1-2,7-10,14,21H,3-6,11-13,15H2/t21-/m1/s1. The SMILES string of the molecule is O=C1O[C@H](CC(=O)N2CCCc3cc(S(=O)(=O)N4CCCC4)ccc32)c2ccccc21. The van der Waals surface area contributed by atoms with Gasteiger partial charge in [-0.2, -0.15) is 4.31 Å². The Bertz CT molecular complexity index is 1150. The van der Waals surface area contributed by atoms with Crippen molar-refractivity contribution in [2.45, 2.75) is 43.1 Å². The third kappa shape index (κ3) is 3.53. The van der Waals surface area contributed by atoms with Crippen LogP contribution in [0.15, 0.2) is 47.4 Å². The van der Waals surface area contributed by atoms with Crippen LogP contribution in [0.25, 0.3) is 0 Å². The average molecular weight is 441 g/mol. The number of nitrogens with zero attached hydrogens (tertiary/aromatic N) is 2. The Balaban J connectivity index is 1.38. The van der Waals surface area contributed by atoms with E-state index in [1.54, 1.807) is 35.2 Å². The van der Waals surface area contributed by atoms with Crippen LogP contribution in [0.2, 0.25) is 0 Å². The van der Waals surface area contributed by atoms with Crippen LogP contribution in [0.5, 0.6) is 0 Å². The molecule has 0 unspecified atom stereocenters. The van der Waals surface area contributed by atoms with Gasteiger partial charge >= 0.3 is 5.97 Å². The topological polar surface area (TPSA) is 84.0 Å². The van der Waals surface area contributed by atoms with Gasteiger partial charge in [-0.15, -0.1) is 0 Å². The van der Waals surface area contributed by atoms with E-state index in [1.807, 2.05) is 12.1 Å². The lowest BCUT2D eigenvalue weighted by Gasteiger charge is -2.31. The first-order valence-corrected chi connectivity index (χ1v) is 12.1. The summed E-state index contributed by atoms with van der Waals surface area (Å²) in [4.78, 5) is 27.2. The zero-order valence-electron chi connectivity index (χ0n) is 17.1. The van der Waals surface area contributed by atoms with E-state index in [1.165, 1.54) is 4.31 Å². The van der Waals surface area contributed by atoms with Crippen molar-refractivity contribution in [3.8, 4) is 0 Å². The van der Waals surface area contributed by atoms with Gasteiger partial charge < -0.3 is 9.64 Å². The maximum absolute atomic E-state index is 13.1.